The molecule has 1 heteroatoms. The Morgan fingerprint density at radius 1 is 1.18 bits per heavy atom. The van der Waals surface area contributed by atoms with Crippen molar-refractivity contribution in [3.63, 3.8) is 0 Å². The fourth-order valence-corrected chi connectivity index (χ4v) is 2.48. The van der Waals surface area contributed by atoms with Crippen molar-refractivity contribution in [1.29, 1.82) is 0 Å². The molecule has 17 heavy (non-hydrogen) atoms. The average Bonchev–Trinajstić information content (AvgIpc) is 3.05. The van der Waals surface area contributed by atoms with Crippen LogP contribution in [0.1, 0.15) is 55.8 Å². The minimum atomic E-state index is 0.461. The molecule has 0 aromatic heterocycles. The first-order valence-corrected chi connectivity index (χ1v) is 6.89. The Morgan fingerprint density at radius 2 is 1.88 bits per heavy atom. The van der Waals surface area contributed by atoms with Crippen LogP contribution in [0.4, 0.5) is 0 Å². The van der Waals surface area contributed by atoms with Crippen LogP contribution in [0.25, 0.3) is 0 Å². The number of aryl methyl sites for hydroxylation is 2. The van der Waals surface area contributed by atoms with E-state index in [-0.39, 0.29) is 0 Å². The van der Waals surface area contributed by atoms with Crippen LogP contribution in [0.15, 0.2) is 18.2 Å². The summed E-state index contributed by atoms with van der Waals surface area (Å²) in [5.41, 5.74) is 4.19. The van der Waals surface area contributed by atoms with E-state index in [0.29, 0.717) is 12.1 Å². The minimum absolute atomic E-state index is 0.461. The van der Waals surface area contributed by atoms with Gasteiger partial charge in [0.25, 0.3) is 0 Å². The van der Waals surface area contributed by atoms with Gasteiger partial charge in [-0.25, -0.2) is 0 Å². The predicted octanol–water partition coefficient (Wildman–Crippen LogP) is 4.14. The second-order valence-electron chi connectivity index (χ2n) is 5.81. The van der Waals surface area contributed by atoms with Gasteiger partial charge in [-0.05, 0) is 56.7 Å². The van der Waals surface area contributed by atoms with Gasteiger partial charge < -0.3 is 5.32 Å². The van der Waals surface area contributed by atoms with Gasteiger partial charge >= 0.3 is 0 Å². The van der Waals surface area contributed by atoms with Crippen molar-refractivity contribution in [3.05, 3.63) is 34.9 Å². The molecule has 0 bridgehead atoms. The van der Waals surface area contributed by atoms with Crippen LogP contribution in [0, 0.1) is 19.8 Å². The van der Waals surface area contributed by atoms with Gasteiger partial charge in [0.15, 0.2) is 0 Å². The van der Waals surface area contributed by atoms with E-state index >= 15 is 0 Å². The Bertz CT molecular complexity index is 379. The van der Waals surface area contributed by atoms with Crippen LogP contribution in [0.2, 0.25) is 0 Å². The van der Waals surface area contributed by atoms with Crippen molar-refractivity contribution in [2.24, 2.45) is 5.92 Å². The second-order valence-corrected chi connectivity index (χ2v) is 5.81. The molecule has 1 aromatic carbocycles. The highest BCUT2D eigenvalue weighted by Crippen LogP contribution is 2.33. The molecule has 0 spiro atoms. The van der Waals surface area contributed by atoms with Crippen molar-refractivity contribution >= 4 is 0 Å². The van der Waals surface area contributed by atoms with Gasteiger partial charge in [0, 0.05) is 12.1 Å². The van der Waals surface area contributed by atoms with Crippen LogP contribution in [0.3, 0.4) is 0 Å². The largest absolute Gasteiger partial charge is 0.308 e. The summed E-state index contributed by atoms with van der Waals surface area (Å²) in [6, 6.07) is 7.90. The van der Waals surface area contributed by atoms with Crippen LogP contribution in [0.5, 0.6) is 0 Å². The molecule has 1 nitrogen and oxygen atoms in total. The van der Waals surface area contributed by atoms with Crippen molar-refractivity contribution < 1.29 is 0 Å². The van der Waals surface area contributed by atoms with Gasteiger partial charge in [0.05, 0.1) is 0 Å². The van der Waals surface area contributed by atoms with Gasteiger partial charge in [0.1, 0.15) is 0 Å². The first-order chi connectivity index (χ1) is 8.06. The summed E-state index contributed by atoms with van der Waals surface area (Å²) in [5.74, 6) is 1.00. The SMILES string of the molecule is Cc1ccc(C(C)NC(C)CC2CC2)cc1C. The molecule has 1 saturated carbocycles. The lowest BCUT2D eigenvalue weighted by Gasteiger charge is -2.21. The molecule has 0 aliphatic heterocycles. The van der Waals surface area contributed by atoms with Crippen LogP contribution >= 0.6 is 0 Å². The van der Waals surface area contributed by atoms with E-state index in [0.717, 1.165) is 5.92 Å². The van der Waals surface area contributed by atoms with Gasteiger partial charge in [-0.15, -0.1) is 0 Å². The maximum absolute atomic E-state index is 3.71. The van der Waals surface area contributed by atoms with Gasteiger partial charge in [-0.1, -0.05) is 31.0 Å². The molecule has 2 unspecified atom stereocenters. The number of hydrogen-bond donors (Lipinski definition) is 1. The number of rotatable bonds is 5. The maximum atomic E-state index is 3.71. The third kappa shape index (κ3) is 3.57. The predicted molar refractivity (Wildman–Crippen MR) is 74.3 cm³/mol. The van der Waals surface area contributed by atoms with E-state index in [1.165, 1.54) is 36.0 Å². The molecule has 94 valence electrons. The molecule has 0 radical (unpaired) electrons. The molecule has 0 saturated heterocycles. The lowest BCUT2D eigenvalue weighted by Crippen LogP contribution is -2.29. The molecule has 1 aliphatic rings. The summed E-state index contributed by atoms with van der Waals surface area (Å²) in [7, 11) is 0. The summed E-state index contributed by atoms with van der Waals surface area (Å²) < 4.78 is 0. The standard InChI is InChI=1S/C16H25N/c1-11-5-8-16(9-12(11)2)14(4)17-13(3)10-15-6-7-15/h5,8-9,13-15,17H,6-7,10H2,1-4H3. The molecule has 2 atom stereocenters. The Morgan fingerprint density at radius 3 is 2.47 bits per heavy atom. The van der Waals surface area contributed by atoms with Crippen molar-refractivity contribution in [3.8, 4) is 0 Å². The fraction of sp³-hybridized carbons (Fsp3) is 0.625. The van der Waals surface area contributed by atoms with Gasteiger partial charge in [-0.2, -0.15) is 0 Å². The highest BCUT2D eigenvalue weighted by atomic mass is 14.9. The monoisotopic (exact) mass is 231 g/mol. The summed E-state index contributed by atoms with van der Waals surface area (Å²) in [4.78, 5) is 0. The first-order valence-electron chi connectivity index (χ1n) is 6.89. The molecular weight excluding hydrogens is 206 g/mol. The Kier molecular flexibility index (Phi) is 3.88. The zero-order valence-electron chi connectivity index (χ0n) is 11.6. The average molecular weight is 231 g/mol. The van der Waals surface area contributed by atoms with E-state index < -0.39 is 0 Å². The molecule has 1 fully saturated rings. The molecule has 1 aliphatic carbocycles. The lowest BCUT2D eigenvalue weighted by atomic mass is 10.0. The highest BCUT2D eigenvalue weighted by Gasteiger charge is 2.24. The third-order valence-corrected chi connectivity index (χ3v) is 3.95. The highest BCUT2D eigenvalue weighted by molar-refractivity contribution is 5.31. The fourth-order valence-electron chi connectivity index (χ4n) is 2.48. The lowest BCUT2D eigenvalue weighted by molar-refractivity contribution is 0.438. The van der Waals surface area contributed by atoms with Crippen molar-refractivity contribution in [2.75, 3.05) is 0 Å². The maximum Gasteiger partial charge on any atom is 0.0294 e. The molecular formula is C16H25N. The van der Waals surface area contributed by atoms with Crippen LogP contribution < -0.4 is 5.32 Å². The van der Waals surface area contributed by atoms with Gasteiger partial charge in [-0.3, -0.25) is 0 Å². The summed E-state index contributed by atoms with van der Waals surface area (Å²) in [6.07, 6.45) is 4.24. The molecule has 2 rings (SSSR count). The Hall–Kier alpha value is -0.820. The number of benzene rings is 1. The van der Waals surface area contributed by atoms with E-state index in [1.54, 1.807) is 0 Å². The van der Waals surface area contributed by atoms with E-state index in [4.69, 9.17) is 0 Å². The second kappa shape index (κ2) is 5.22. The smallest absolute Gasteiger partial charge is 0.0294 e. The molecule has 0 amide bonds. The van der Waals surface area contributed by atoms with Crippen molar-refractivity contribution in [2.45, 2.75) is 59.0 Å². The summed E-state index contributed by atoms with van der Waals surface area (Å²) >= 11 is 0. The van der Waals surface area contributed by atoms with E-state index in [2.05, 4.69) is 51.2 Å². The zero-order valence-corrected chi connectivity index (χ0v) is 11.6. The molecule has 1 aromatic rings. The summed E-state index contributed by atoms with van der Waals surface area (Å²) in [6.45, 7) is 8.95. The van der Waals surface area contributed by atoms with E-state index in [1.807, 2.05) is 0 Å². The topological polar surface area (TPSA) is 12.0 Å². The summed E-state index contributed by atoms with van der Waals surface area (Å²) in [5, 5.41) is 3.71. The Labute approximate surface area is 106 Å². The molecule has 0 heterocycles. The third-order valence-electron chi connectivity index (χ3n) is 3.95. The number of nitrogens with one attached hydrogen (secondary N) is 1. The van der Waals surface area contributed by atoms with Crippen molar-refractivity contribution in [1.82, 2.24) is 5.32 Å². The quantitative estimate of drug-likeness (QED) is 0.803. The van der Waals surface area contributed by atoms with Crippen LogP contribution in [-0.4, -0.2) is 6.04 Å². The molecule has 1 N–H and O–H groups in total. The normalized spacial score (nSPS) is 19.1. The minimum Gasteiger partial charge on any atom is -0.308 e. The zero-order chi connectivity index (χ0) is 12.4. The first kappa shape index (κ1) is 12.6. The van der Waals surface area contributed by atoms with Crippen LogP contribution in [-0.2, 0) is 0 Å². The van der Waals surface area contributed by atoms with Gasteiger partial charge in [0.2, 0.25) is 0 Å². The number of hydrogen-bond acceptors (Lipinski definition) is 1. The Balaban J connectivity index is 1.93. The van der Waals surface area contributed by atoms with E-state index in [9.17, 15) is 0 Å².